The summed E-state index contributed by atoms with van der Waals surface area (Å²) in [4.78, 5) is 25.7. The van der Waals surface area contributed by atoms with E-state index in [0.29, 0.717) is 18.7 Å². The van der Waals surface area contributed by atoms with Gasteiger partial charge in [-0.25, -0.2) is 4.79 Å². The first-order valence-electron chi connectivity index (χ1n) is 8.29. The van der Waals surface area contributed by atoms with E-state index in [-0.39, 0.29) is 17.6 Å². The van der Waals surface area contributed by atoms with Crippen LogP contribution in [0.4, 0.5) is 0 Å². The maximum absolute atomic E-state index is 12.7. The van der Waals surface area contributed by atoms with E-state index in [1.807, 2.05) is 0 Å². The van der Waals surface area contributed by atoms with Crippen LogP contribution in [0.5, 0.6) is 0 Å². The second kappa shape index (κ2) is 6.71. The Morgan fingerprint density at radius 3 is 2.65 bits per heavy atom. The average Bonchev–Trinajstić information content (AvgIpc) is 3.36. The van der Waals surface area contributed by atoms with E-state index in [1.165, 1.54) is 18.9 Å². The van der Waals surface area contributed by atoms with Crippen molar-refractivity contribution in [1.29, 1.82) is 0 Å². The standard InChI is InChI=1S/C18H23NO4/c1-12-7-14(9-15(8-12)18(21)22)17(20)19-6-2-3-16(10-19)23-11-13-4-5-13/h7-9,13,16H,2-6,10-11H2,1H3,(H,21,22). The molecule has 0 bridgehead atoms. The summed E-state index contributed by atoms with van der Waals surface area (Å²) in [5, 5.41) is 9.15. The molecular weight excluding hydrogens is 294 g/mol. The summed E-state index contributed by atoms with van der Waals surface area (Å²) in [5.41, 5.74) is 1.39. The van der Waals surface area contributed by atoms with Gasteiger partial charge in [0.25, 0.3) is 5.91 Å². The van der Waals surface area contributed by atoms with Crippen LogP contribution in [0.3, 0.4) is 0 Å². The molecule has 3 rings (SSSR count). The minimum absolute atomic E-state index is 0.101. The second-order valence-electron chi connectivity index (χ2n) is 6.68. The number of ether oxygens (including phenoxy) is 1. The number of carboxylic acids is 1. The molecule has 0 spiro atoms. The molecule has 5 nitrogen and oxygen atoms in total. The molecular formula is C18H23NO4. The number of piperidine rings is 1. The summed E-state index contributed by atoms with van der Waals surface area (Å²) in [7, 11) is 0. The fourth-order valence-corrected chi connectivity index (χ4v) is 3.03. The Morgan fingerprint density at radius 1 is 1.22 bits per heavy atom. The van der Waals surface area contributed by atoms with Gasteiger partial charge in [-0.05, 0) is 62.3 Å². The van der Waals surface area contributed by atoms with Crippen molar-refractivity contribution in [3.63, 3.8) is 0 Å². The SMILES string of the molecule is Cc1cc(C(=O)O)cc(C(=O)N2CCCC(OCC3CC3)C2)c1. The van der Waals surface area contributed by atoms with Crippen molar-refractivity contribution < 1.29 is 19.4 Å². The van der Waals surface area contributed by atoms with Crippen LogP contribution in [0.2, 0.25) is 0 Å². The molecule has 1 aliphatic carbocycles. The number of rotatable bonds is 5. The minimum atomic E-state index is -1.01. The van der Waals surface area contributed by atoms with Gasteiger partial charge in [0.05, 0.1) is 11.7 Å². The second-order valence-corrected chi connectivity index (χ2v) is 6.68. The molecule has 1 unspecified atom stereocenters. The normalized spacial score (nSPS) is 21.3. The third-order valence-electron chi connectivity index (χ3n) is 4.50. The smallest absolute Gasteiger partial charge is 0.335 e. The summed E-state index contributed by atoms with van der Waals surface area (Å²) in [6.45, 7) is 3.92. The van der Waals surface area contributed by atoms with Crippen molar-refractivity contribution in [2.75, 3.05) is 19.7 Å². The van der Waals surface area contributed by atoms with Gasteiger partial charge in [-0.2, -0.15) is 0 Å². The van der Waals surface area contributed by atoms with Gasteiger partial charge in [-0.15, -0.1) is 0 Å². The van der Waals surface area contributed by atoms with Crippen molar-refractivity contribution >= 4 is 11.9 Å². The van der Waals surface area contributed by atoms with Gasteiger partial charge >= 0.3 is 5.97 Å². The summed E-state index contributed by atoms with van der Waals surface area (Å²) >= 11 is 0. The highest BCUT2D eigenvalue weighted by Crippen LogP contribution is 2.30. The Morgan fingerprint density at radius 2 is 1.96 bits per heavy atom. The van der Waals surface area contributed by atoms with E-state index < -0.39 is 5.97 Å². The van der Waals surface area contributed by atoms with Gasteiger partial charge in [-0.1, -0.05) is 0 Å². The number of hydrogen-bond acceptors (Lipinski definition) is 3. The molecule has 1 amide bonds. The molecule has 2 fully saturated rings. The number of carbonyl (C=O) groups is 2. The summed E-state index contributed by atoms with van der Waals surface area (Å²) in [6, 6.07) is 4.80. The topological polar surface area (TPSA) is 66.8 Å². The Hall–Kier alpha value is -1.88. The van der Waals surface area contributed by atoms with E-state index >= 15 is 0 Å². The molecule has 1 atom stereocenters. The van der Waals surface area contributed by atoms with Crippen LogP contribution >= 0.6 is 0 Å². The van der Waals surface area contributed by atoms with Gasteiger partial charge in [0, 0.05) is 25.3 Å². The van der Waals surface area contributed by atoms with Crippen molar-refractivity contribution in [3.8, 4) is 0 Å². The molecule has 124 valence electrons. The zero-order valence-electron chi connectivity index (χ0n) is 13.5. The molecule has 0 aromatic heterocycles. The number of hydrogen-bond donors (Lipinski definition) is 1. The summed E-state index contributed by atoms with van der Waals surface area (Å²) in [5.74, 6) is -0.390. The number of carbonyl (C=O) groups excluding carboxylic acids is 1. The highest BCUT2D eigenvalue weighted by molar-refractivity contribution is 5.97. The van der Waals surface area contributed by atoms with Crippen LogP contribution < -0.4 is 0 Å². The number of amides is 1. The van der Waals surface area contributed by atoms with Gasteiger partial charge < -0.3 is 14.7 Å². The van der Waals surface area contributed by atoms with Crippen LogP contribution in [0, 0.1) is 12.8 Å². The molecule has 0 radical (unpaired) electrons. The number of nitrogens with zero attached hydrogens (tertiary/aromatic N) is 1. The quantitative estimate of drug-likeness (QED) is 0.907. The molecule has 1 heterocycles. The van der Waals surface area contributed by atoms with Gasteiger partial charge in [0.2, 0.25) is 0 Å². The lowest BCUT2D eigenvalue weighted by molar-refractivity contribution is -0.00242. The van der Waals surface area contributed by atoms with E-state index in [2.05, 4.69) is 0 Å². The maximum atomic E-state index is 12.7. The molecule has 1 N–H and O–H groups in total. The molecule has 23 heavy (non-hydrogen) atoms. The average molecular weight is 317 g/mol. The largest absolute Gasteiger partial charge is 0.478 e. The molecule has 1 aliphatic heterocycles. The maximum Gasteiger partial charge on any atom is 0.335 e. The van der Waals surface area contributed by atoms with Crippen molar-refractivity contribution in [3.05, 3.63) is 34.9 Å². The first-order chi connectivity index (χ1) is 11.0. The van der Waals surface area contributed by atoms with E-state index in [4.69, 9.17) is 9.84 Å². The molecule has 1 aromatic carbocycles. The van der Waals surface area contributed by atoms with Gasteiger partial charge in [0.1, 0.15) is 0 Å². The van der Waals surface area contributed by atoms with Crippen molar-refractivity contribution in [2.45, 2.75) is 38.7 Å². The third kappa shape index (κ3) is 4.10. The number of aromatic carboxylic acids is 1. The van der Waals surface area contributed by atoms with Gasteiger partial charge in [-0.3, -0.25) is 4.79 Å². The van der Waals surface area contributed by atoms with Gasteiger partial charge in [0.15, 0.2) is 0 Å². The predicted octanol–water partition coefficient (Wildman–Crippen LogP) is 2.72. The number of benzene rings is 1. The summed E-state index contributed by atoms with van der Waals surface area (Å²) in [6.07, 6.45) is 4.55. The lowest BCUT2D eigenvalue weighted by atomic mass is 10.0. The van der Waals surface area contributed by atoms with Crippen LogP contribution in [-0.4, -0.2) is 47.7 Å². The molecule has 1 saturated heterocycles. The van der Waals surface area contributed by atoms with Crippen LogP contribution in [0.1, 0.15) is 52.0 Å². The Labute approximate surface area is 136 Å². The molecule has 1 aromatic rings. The summed E-state index contributed by atoms with van der Waals surface area (Å²) < 4.78 is 5.92. The highest BCUT2D eigenvalue weighted by atomic mass is 16.5. The molecule has 1 saturated carbocycles. The fourth-order valence-electron chi connectivity index (χ4n) is 3.03. The Kier molecular flexibility index (Phi) is 4.66. The van der Waals surface area contributed by atoms with Crippen molar-refractivity contribution in [2.24, 2.45) is 5.92 Å². The number of aryl methyl sites for hydroxylation is 1. The number of carboxylic acid groups (broad SMARTS) is 1. The lowest BCUT2D eigenvalue weighted by Crippen LogP contribution is -2.43. The van der Waals surface area contributed by atoms with E-state index in [1.54, 1.807) is 24.0 Å². The first kappa shape index (κ1) is 16.0. The fraction of sp³-hybridized carbons (Fsp3) is 0.556. The Bertz CT molecular complexity index is 609. The predicted molar refractivity (Wildman–Crippen MR) is 85.7 cm³/mol. The number of likely N-dealkylation sites (tertiary alicyclic amines) is 1. The Balaban J connectivity index is 1.67. The van der Waals surface area contributed by atoms with Crippen LogP contribution in [-0.2, 0) is 4.74 Å². The van der Waals surface area contributed by atoms with Crippen molar-refractivity contribution in [1.82, 2.24) is 4.90 Å². The van der Waals surface area contributed by atoms with E-state index in [9.17, 15) is 9.59 Å². The lowest BCUT2D eigenvalue weighted by Gasteiger charge is -2.33. The first-order valence-corrected chi connectivity index (χ1v) is 8.29. The molecule has 5 heteroatoms. The highest BCUT2D eigenvalue weighted by Gasteiger charge is 2.28. The van der Waals surface area contributed by atoms with Crippen LogP contribution in [0.25, 0.3) is 0 Å². The third-order valence-corrected chi connectivity index (χ3v) is 4.50. The minimum Gasteiger partial charge on any atom is -0.478 e. The van der Waals surface area contributed by atoms with Crippen LogP contribution in [0.15, 0.2) is 18.2 Å². The zero-order chi connectivity index (χ0) is 16.4. The van der Waals surface area contributed by atoms with E-state index in [0.717, 1.165) is 30.9 Å². The monoisotopic (exact) mass is 317 g/mol. The zero-order valence-corrected chi connectivity index (χ0v) is 13.5. The molecule has 2 aliphatic rings.